The topological polar surface area (TPSA) is 19.0 Å². The van der Waals surface area contributed by atoms with Gasteiger partial charge in [0.1, 0.15) is 0 Å². The van der Waals surface area contributed by atoms with Crippen LogP contribution in [0.2, 0.25) is 0 Å². The molecule has 0 aliphatic rings. The second kappa shape index (κ2) is 4.07. The van der Waals surface area contributed by atoms with Crippen molar-refractivity contribution in [2.45, 2.75) is 6.42 Å². The number of likely N-dealkylation sites (N-methyl/N-ethyl adjacent to an activating group) is 1. The van der Waals surface area contributed by atoms with E-state index in [0.717, 1.165) is 18.5 Å². The van der Waals surface area contributed by atoms with E-state index in [4.69, 9.17) is 0 Å². The Morgan fingerprint density at radius 3 is 2.87 bits per heavy atom. The van der Waals surface area contributed by atoms with E-state index in [1.165, 1.54) is 16.5 Å². The van der Waals surface area contributed by atoms with Gasteiger partial charge in [-0.05, 0) is 50.7 Å². The minimum Gasteiger partial charge on any atom is -0.361 e. The lowest BCUT2D eigenvalue weighted by Crippen LogP contribution is -2.14. The number of hydrogen-bond acceptors (Lipinski definition) is 1. The quantitative estimate of drug-likeness (QED) is 0.808. The monoisotopic (exact) mass is 201 g/mol. The van der Waals surface area contributed by atoms with Crippen molar-refractivity contribution in [3.63, 3.8) is 0 Å². The highest BCUT2D eigenvalue weighted by molar-refractivity contribution is 5.84. The van der Waals surface area contributed by atoms with Crippen molar-refractivity contribution in [2.75, 3.05) is 20.6 Å². The van der Waals surface area contributed by atoms with Crippen molar-refractivity contribution in [2.24, 2.45) is 0 Å². The zero-order valence-electron chi connectivity index (χ0n) is 9.38. The van der Waals surface area contributed by atoms with Gasteiger partial charge in [-0.25, -0.2) is 0 Å². The molecule has 1 radical (unpaired) electrons. The smallest absolute Gasteiger partial charge is 0.0456 e. The van der Waals surface area contributed by atoms with Crippen molar-refractivity contribution in [1.82, 2.24) is 9.88 Å². The first kappa shape index (κ1) is 10.2. The minimum atomic E-state index is 1.08. The Kier molecular flexibility index (Phi) is 2.78. The van der Waals surface area contributed by atoms with Crippen molar-refractivity contribution >= 4 is 10.9 Å². The maximum atomic E-state index is 3.96. The Morgan fingerprint density at radius 2 is 2.13 bits per heavy atom. The van der Waals surface area contributed by atoms with Gasteiger partial charge in [0.25, 0.3) is 0 Å². The largest absolute Gasteiger partial charge is 0.361 e. The van der Waals surface area contributed by atoms with E-state index in [-0.39, 0.29) is 0 Å². The van der Waals surface area contributed by atoms with Gasteiger partial charge in [0.15, 0.2) is 0 Å². The van der Waals surface area contributed by atoms with Crippen LogP contribution in [0.5, 0.6) is 0 Å². The SMILES string of the molecule is [CH2]c1ccc2[nH]cc(CCN(C)C)c2c1. The van der Waals surface area contributed by atoms with Gasteiger partial charge in [-0.2, -0.15) is 0 Å². The second-order valence-electron chi connectivity index (χ2n) is 4.25. The third-order valence-electron chi connectivity index (χ3n) is 2.66. The van der Waals surface area contributed by atoms with Gasteiger partial charge in [0.2, 0.25) is 0 Å². The fraction of sp³-hybridized carbons (Fsp3) is 0.308. The molecule has 0 aliphatic carbocycles. The average Bonchev–Trinajstić information content (AvgIpc) is 2.57. The fourth-order valence-electron chi connectivity index (χ4n) is 1.78. The number of hydrogen-bond donors (Lipinski definition) is 1. The molecule has 0 fully saturated rings. The first-order valence-corrected chi connectivity index (χ1v) is 5.23. The lowest BCUT2D eigenvalue weighted by Gasteiger charge is -2.08. The molecule has 1 N–H and O–H groups in total. The van der Waals surface area contributed by atoms with Gasteiger partial charge in [-0.3, -0.25) is 0 Å². The maximum absolute atomic E-state index is 3.96. The predicted octanol–water partition coefficient (Wildman–Crippen LogP) is 2.45. The van der Waals surface area contributed by atoms with Gasteiger partial charge in [-0.15, -0.1) is 0 Å². The number of nitrogens with zero attached hydrogens (tertiary/aromatic N) is 1. The highest BCUT2D eigenvalue weighted by Gasteiger charge is 2.03. The molecule has 0 unspecified atom stereocenters. The summed E-state index contributed by atoms with van der Waals surface area (Å²) in [5, 5.41) is 1.31. The predicted molar refractivity (Wildman–Crippen MR) is 65.0 cm³/mol. The van der Waals surface area contributed by atoms with E-state index < -0.39 is 0 Å². The number of aromatic nitrogens is 1. The first-order valence-electron chi connectivity index (χ1n) is 5.23. The van der Waals surface area contributed by atoms with Crippen LogP contribution >= 0.6 is 0 Å². The van der Waals surface area contributed by atoms with E-state index in [9.17, 15) is 0 Å². The number of rotatable bonds is 3. The number of fused-ring (bicyclic) bond motifs is 1. The number of aromatic amines is 1. The molecular formula is C13H17N2. The Labute approximate surface area is 90.9 Å². The molecule has 2 heteroatoms. The molecule has 1 aromatic carbocycles. The molecule has 15 heavy (non-hydrogen) atoms. The maximum Gasteiger partial charge on any atom is 0.0456 e. The molecule has 2 rings (SSSR count). The minimum absolute atomic E-state index is 1.08. The lowest BCUT2D eigenvalue weighted by atomic mass is 10.1. The zero-order chi connectivity index (χ0) is 10.8. The van der Waals surface area contributed by atoms with Gasteiger partial charge in [-0.1, -0.05) is 6.07 Å². The van der Waals surface area contributed by atoms with Crippen molar-refractivity contribution in [3.8, 4) is 0 Å². The van der Waals surface area contributed by atoms with E-state index in [1.807, 2.05) is 6.07 Å². The van der Waals surface area contributed by atoms with Crippen LogP contribution in [0.1, 0.15) is 11.1 Å². The standard InChI is InChI=1S/C13H17N2/c1-10-4-5-13-12(8-10)11(9-14-13)6-7-15(2)3/h4-5,8-9,14H,1,6-7H2,2-3H3. The molecule has 2 nitrogen and oxygen atoms in total. The lowest BCUT2D eigenvalue weighted by molar-refractivity contribution is 0.414. The van der Waals surface area contributed by atoms with Crippen LogP contribution in [0, 0.1) is 6.92 Å². The highest BCUT2D eigenvalue weighted by atomic mass is 15.0. The Hall–Kier alpha value is -1.28. The van der Waals surface area contributed by atoms with Crippen LogP contribution in [0.15, 0.2) is 24.4 Å². The summed E-state index contributed by atoms with van der Waals surface area (Å²) in [7, 11) is 4.20. The average molecular weight is 201 g/mol. The van der Waals surface area contributed by atoms with E-state index in [0.29, 0.717) is 0 Å². The van der Waals surface area contributed by atoms with E-state index in [2.05, 4.69) is 49.2 Å². The van der Waals surface area contributed by atoms with E-state index in [1.54, 1.807) is 0 Å². The summed E-state index contributed by atoms with van der Waals surface area (Å²) in [5.74, 6) is 0. The van der Waals surface area contributed by atoms with Crippen LogP contribution in [0.3, 0.4) is 0 Å². The third kappa shape index (κ3) is 2.21. The van der Waals surface area contributed by atoms with Gasteiger partial charge < -0.3 is 9.88 Å². The summed E-state index contributed by atoms with van der Waals surface area (Å²) < 4.78 is 0. The molecule has 0 amide bonds. The van der Waals surface area contributed by atoms with Crippen LogP contribution < -0.4 is 0 Å². The van der Waals surface area contributed by atoms with Crippen molar-refractivity contribution in [1.29, 1.82) is 0 Å². The van der Waals surface area contributed by atoms with Crippen LogP contribution in [0.25, 0.3) is 10.9 Å². The fourth-order valence-corrected chi connectivity index (χ4v) is 1.78. The van der Waals surface area contributed by atoms with Gasteiger partial charge in [0, 0.05) is 23.6 Å². The molecule has 0 saturated heterocycles. The second-order valence-corrected chi connectivity index (χ2v) is 4.25. The Morgan fingerprint density at radius 1 is 1.33 bits per heavy atom. The summed E-state index contributed by atoms with van der Waals surface area (Å²) >= 11 is 0. The summed E-state index contributed by atoms with van der Waals surface area (Å²) in [4.78, 5) is 5.49. The van der Waals surface area contributed by atoms with Crippen LogP contribution in [0.4, 0.5) is 0 Å². The van der Waals surface area contributed by atoms with Crippen molar-refractivity contribution in [3.05, 3.63) is 42.4 Å². The molecule has 2 aromatic rings. The summed E-state index contributed by atoms with van der Waals surface area (Å²) in [5.41, 5.74) is 3.66. The molecular weight excluding hydrogens is 184 g/mol. The number of benzene rings is 1. The van der Waals surface area contributed by atoms with Crippen molar-refractivity contribution < 1.29 is 0 Å². The molecule has 0 spiro atoms. The summed E-state index contributed by atoms with van der Waals surface area (Å²) in [6.45, 7) is 5.04. The zero-order valence-corrected chi connectivity index (χ0v) is 9.38. The summed E-state index contributed by atoms with van der Waals surface area (Å²) in [6, 6.07) is 6.28. The molecule has 0 atom stereocenters. The number of nitrogens with one attached hydrogen (secondary N) is 1. The Bertz CT molecular complexity index is 455. The summed E-state index contributed by atoms with van der Waals surface area (Å²) in [6.07, 6.45) is 3.18. The van der Waals surface area contributed by atoms with Crippen LogP contribution in [-0.4, -0.2) is 30.5 Å². The molecule has 0 aliphatic heterocycles. The van der Waals surface area contributed by atoms with Gasteiger partial charge >= 0.3 is 0 Å². The Balaban J connectivity index is 2.31. The third-order valence-corrected chi connectivity index (χ3v) is 2.66. The number of H-pyrrole nitrogens is 1. The van der Waals surface area contributed by atoms with Gasteiger partial charge in [0.05, 0.1) is 0 Å². The molecule has 1 heterocycles. The molecule has 0 saturated carbocycles. The highest BCUT2D eigenvalue weighted by Crippen LogP contribution is 2.19. The molecule has 1 aromatic heterocycles. The van der Waals surface area contributed by atoms with Crippen LogP contribution in [-0.2, 0) is 6.42 Å². The molecule has 79 valence electrons. The first-order chi connectivity index (χ1) is 7.16. The normalized spacial score (nSPS) is 11.5. The van der Waals surface area contributed by atoms with E-state index >= 15 is 0 Å². The molecule has 0 bridgehead atoms.